The number of hydrogen-bond donors (Lipinski definition) is 2. The average Bonchev–Trinajstić information content (AvgIpc) is 3.11. The number of anilines is 1. The van der Waals surface area contributed by atoms with E-state index in [4.69, 9.17) is 4.74 Å². The highest BCUT2D eigenvalue weighted by Gasteiger charge is 2.23. The Morgan fingerprint density at radius 2 is 2.11 bits per heavy atom. The van der Waals surface area contributed by atoms with Gasteiger partial charge in [0.25, 0.3) is 0 Å². The molecule has 27 heavy (non-hydrogen) atoms. The number of piperidine rings is 1. The predicted molar refractivity (Wildman–Crippen MR) is 104 cm³/mol. The molecule has 1 saturated heterocycles. The molecular weight excluding hydrogens is 342 g/mol. The molecule has 1 fully saturated rings. The van der Waals surface area contributed by atoms with Crippen LogP contribution in [0.15, 0.2) is 42.9 Å². The number of nitrogens with one attached hydrogen (secondary N) is 2. The lowest BCUT2D eigenvalue weighted by atomic mass is 10.0. The van der Waals surface area contributed by atoms with Crippen molar-refractivity contribution < 1.29 is 9.53 Å². The second kappa shape index (κ2) is 7.65. The standard InChI is InChI=1S/C20H23N5O2/c1-27-19-11-18(22-13-23-19)24-15-6-8-25(9-7-15)20(26)10-14-12-21-17-5-3-2-4-16(14)17/h2-5,11-13,15,21H,6-10H2,1H3,(H,22,23,24). The van der Waals surface area contributed by atoms with E-state index in [2.05, 4.69) is 26.3 Å². The number of aromatic nitrogens is 3. The van der Waals surface area contributed by atoms with E-state index < -0.39 is 0 Å². The van der Waals surface area contributed by atoms with E-state index in [1.165, 1.54) is 6.33 Å². The molecule has 4 rings (SSSR count). The van der Waals surface area contributed by atoms with Gasteiger partial charge < -0.3 is 19.9 Å². The van der Waals surface area contributed by atoms with Crippen molar-refractivity contribution in [1.29, 1.82) is 0 Å². The lowest BCUT2D eigenvalue weighted by Gasteiger charge is -2.32. The van der Waals surface area contributed by atoms with E-state index in [0.717, 1.165) is 48.2 Å². The zero-order chi connectivity index (χ0) is 18.6. The highest BCUT2D eigenvalue weighted by atomic mass is 16.5. The molecule has 2 N–H and O–H groups in total. The molecule has 0 spiro atoms. The summed E-state index contributed by atoms with van der Waals surface area (Å²) >= 11 is 0. The topological polar surface area (TPSA) is 83.1 Å². The van der Waals surface area contributed by atoms with Gasteiger partial charge in [0.15, 0.2) is 0 Å². The van der Waals surface area contributed by atoms with Gasteiger partial charge in [-0.2, -0.15) is 0 Å². The van der Waals surface area contributed by atoms with Crippen molar-refractivity contribution in [2.24, 2.45) is 0 Å². The van der Waals surface area contributed by atoms with Gasteiger partial charge in [-0.05, 0) is 24.5 Å². The van der Waals surface area contributed by atoms with Crippen LogP contribution < -0.4 is 10.1 Å². The van der Waals surface area contributed by atoms with Crippen LogP contribution in [0.2, 0.25) is 0 Å². The van der Waals surface area contributed by atoms with Crippen LogP contribution in [0.5, 0.6) is 5.88 Å². The number of ether oxygens (including phenoxy) is 1. The molecule has 140 valence electrons. The van der Waals surface area contributed by atoms with Crippen molar-refractivity contribution in [3.8, 4) is 5.88 Å². The first-order chi connectivity index (χ1) is 13.2. The zero-order valence-electron chi connectivity index (χ0n) is 15.3. The van der Waals surface area contributed by atoms with E-state index in [-0.39, 0.29) is 5.91 Å². The molecule has 3 aromatic rings. The fourth-order valence-corrected chi connectivity index (χ4v) is 3.56. The summed E-state index contributed by atoms with van der Waals surface area (Å²) in [4.78, 5) is 26.2. The Balaban J connectivity index is 1.32. The van der Waals surface area contributed by atoms with E-state index in [1.807, 2.05) is 29.3 Å². The SMILES string of the molecule is COc1cc(NC2CCN(C(=O)Cc3c[nH]c4ccccc34)CC2)ncn1. The molecule has 0 saturated carbocycles. The van der Waals surface area contributed by atoms with Crippen molar-refractivity contribution >= 4 is 22.6 Å². The Kier molecular flexibility index (Phi) is 4.91. The fraction of sp³-hybridized carbons (Fsp3) is 0.350. The van der Waals surface area contributed by atoms with Gasteiger partial charge in [-0.25, -0.2) is 9.97 Å². The van der Waals surface area contributed by atoms with Crippen LogP contribution in [0.4, 0.5) is 5.82 Å². The molecule has 0 unspecified atom stereocenters. The maximum absolute atomic E-state index is 12.7. The summed E-state index contributed by atoms with van der Waals surface area (Å²) in [5, 5.41) is 4.54. The lowest BCUT2D eigenvalue weighted by molar-refractivity contribution is -0.131. The Bertz CT molecular complexity index is 931. The summed E-state index contributed by atoms with van der Waals surface area (Å²) in [7, 11) is 1.59. The fourth-order valence-electron chi connectivity index (χ4n) is 3.56. The van der Waals surface area contributed by atoms with E-state index >= 15 is 0 Å². The molecule has 3 heterocycles. The van der Waals surface area contributed by atoms with E-state index in [0.29, 0.717) is 18.3 Å². The lowest BCUT2D eigenvalue weighted by Crippen LogP contribution is -2.43. The molecule has 0 bridgehead atoms. The first kappa shape index (κ1) is 17.3. The molecule has 1 aliphatic rings. The largest absolute Gasteiger partial charge is 0.481 e. The van der Waals surface area contributed by atoms with Crippen molar-refractivity contribution in [3.05, 3.63) is 48.4 Å². The van der Waals surface area contributed by atoms with Crippen LogP contribution in [0.25, 0.3) is 10.9 Å². The third-order valence-electron chi connectivity index (χ3n) is 5.07. The number of para-hydroxylation sites is 1. The number of likely N-dealkylation sites (tertiary alicyclic amines) is 1. The van der Waals surface area contributed by atoms with Crippen LogP contribution in [0.1, 0.15) is 18.4 Å². The number of nitrogens with zero attached hydrogens (tertiary/aromatic N) is 3. The quantitative estimate of drug-likeness (QED) is 0.726. The van der Waals surface area contributed by atoms with Crippen molar-refractivity contribution in [2.75, 3.05) is 25.5 Å². The number of fused-ring (bicyclic) bond motifs is 1. The van der Waals surface area contributed by atoms with Gasteiger partial charge in [-0.15, -0.1) is 0 Å². The molecule has 1 amide bonds. The number of aromatic amines is 1. The molecule has 2 aromatic heterocycles. The third-order valence-corrected chi connectivity index (χ3v) is 5.07. The summed E-state index contributed by atoms with van der Waals surface area (Å²) in [6.45, 7) is 1.50. The number of methoxy groups -OCH3 is 1. The van der Waals surface area contributed by atoms with Crippen LogP contribution in [0.3, 0.4) is 0 Å². The summed E-state index contributed by atoms with van der Waals surface area (Å²) in [6.07, 6.45) is 5.66. The van der Waals surface area contributed by atoms with E-state index in [9.17, 15) is 4.79 Å². The molecule has 7 nitrogen and oxygen atoms in total. The second-order valence-electron chi connectivity index (χ2n) is 6.78. The normalized spacial score (nSPS) is 15.1. The monoisotopic (exact) mass is 365 g/mol. The van der Waals surface area contributed by atoms with Gasteiger partial charge in [-0.1, -0.05) is 18.2 Å². The Hall–Kier alpha value is -3.09. The first-order valence-electron chi connectivity index (χ1n) is 9.18. The molecule has 1 aliphatic heterocycles. The van der Waals surface area contributed by atoms with Crippen LogP contribution in [-0.4, -0.2) is 52.0 Å². The van der Waals surface area contributed by atoms with Gasteiger partial charge in [0, 0.05) is 42.3 Å². The number of carbonyl (C=O) groups excluding carboxylic acids is 1. The minimum atomic E-state index is 0.182. The second-order valence-corrected chi connectivity index (χ2v) is 6.78. The predicted octanol–water partition coefficient (Wildman–Crippen LogP) is 2.61. The first-order valence-corrected chi connectivity index (χ1v) is 9.18. The molecule has 0 aliphatic carbocycles. The summed E-state index contributed by atoms with van der Waals surface area (Å²) in [5.41, 5.74) is 2.13. The Morgan fingerprint density at radius 1 is 1.30 bits per heavy atom. The Morgan fingerprint density at radius 3 is 2.93 bits per heavy atom. The minimum absolute atomic E-state index is 0.182. The van der Waals surface area contributed by atoms with Crippen LogP contribution in [0, 0.1) is 0 Å². The zero-order valence-corrected chi connectivity index (χ0v) is 15.3. The number of benzene rings is 1. The van der Waals surface area contributed by atoms with Gasteiger partial charge in [0.2, 0.25) is 11.8 Å². The molecule has 1 aromatic carbocycles. The highest BCUT2D eigenvalue weighted by molar-refractivity contribution is 5.88. The molecule has 0 atom stereocenters. The summed E-state index contributed by atoms with van der Waals surface area (Å²) in [6, 6.07) is 10.2. The van der Waals surface area contributed by atoms with Crippen molar-refractivity contribution in [2.45, 2.75) is 25.3 Å². The number of hydrogen-bond acceptors (Lipinski definition) is 5. The number of H-pyrrole nitrogens is 1. The number of amides is 1. The van der Waals surface area contributed by atoms with Crippen molar-refractivity contribution in [3.63, 3.8) is 0 Å². The van der Waals surface area contributed by atoms with Crippen molar-refractivity contribution in [1.82, 2.24) is 19.9 Å². The smallest absolute Gasteiger partial charge is 0.227 e. The Labute approximate surface area is 157 Å². The number of rotatable bonds is 5. The van der Waals surface area contributed by atoms with Gasteiger partial charge in [0.1, 0.15) is 12.1 Å². The molecule has 0 radical (unpaired) electrons. The summed E-state index contributed by atoms with van der Waals surface area (Å²) < 4.78 is 5.13. The van der Waals surface area contributed by atoms with Crippen LogP contribution >= 0.6 is 0 Å². The summed E-state index contributed by atoms with van der Waals surface area (Å²) in [5.74, 6) is 1.48. The highest BCUT2D eigenvalue weighted by Crippen LogP contribution is 2.21. The average molecular weight is 365 g/mol. The minimum Gasteiger partial charge on any atom is -0.481 e. The molecular formula is C20H23N5O2. The third kappa shape index (κ3) is 3.86. The number of carbonyl (C=O) groups is 1. The van der Waals surface area contributed by atoms with Gasteiger partial charge in [-0.3, -0.25) is 4.79 Å². The maximum Gasteiger partial charge on any atom is 0.227 e. The van der Waals surface area contributed by atoms with Gasteiger partial charge >= 0.3 is 0 Å². The maximum atomic E-state index is 12.7. The molecule has 7 heteroatoms. The van der Waals surface area contributed by atoms with Crippen LogP contribution in [-0.2, 0) is 11.2 Å². The van der Waals surface area contributed by atoms with Gasteiger partial charge in [0.05, 0.1) is 13.5 Å². The van der Waals surface area contributed by atoms with E-state index in [1.54, 1.807) is 13.2 Å².